The Morgan fingerprint density at radius 2 is 2.57 bits per heavy atom. The van der Waals surface area contributed by atoms with Crippen molar-refractivity contribution in [3.8, 4) is 0 Å². The highest BCUT2D eigenvalue weighted by molar-refractivity contribution is 7.80. The third kappa shape index (κ3) is 1.35. The van der Waals surface area contributed by atoms with Gasteiger partial charge in [0.2, 0.25) is 0 Å². The summed E-state index contributed by atoms with van der Waals surface area (Å²) in [5.74, 6) is 1.00. The summed E-state index contributed by atoms with van der Waals surface area (Å²) in [5.41, 5.74) is 0. The van der Waals surface area contributed by atoms with Crippen LogP contribution < -0.4 is 5.32 Å². The van der Waals surface area contributed by atoms with Crippen molar-refractivity contribution < 1.29 is 0 Å². The third-order valence-electron chi connectivity index (χ3n) is 1.38. The maximum Gasteiger partial charge on any atom is 0.0156 e. The van der Waals surface area contributed by atoms with Crippen molar-refractivity contribution in [1.29, 1.82) is 0 Å². The predicted octanol–water partition coefficient (Wildman–Crippen LogP) is 0.668. The molecule has 42 valence electrons. The van der Waals surface area contributed by atoms with Crippen molar-refractivity contribution in [2.24, 2.45) is 0 Å². The smallest absolute Gasteiger partial charge is 0.0156 e. The van der Waals surface area contributed by atoms with E-state index < -0.39 is 0 Å². The molecule has 0 bridgehead atoms. The Morgan fingerprint density at radius 1 is 1.71 bits per heavy atom. The minimum absolute atomic E-state index is 0.711. The highest BCUT2D eigenvalue weighted by Gasteiger charge is 2.10. The quantitative estimate of drug-likeness (QED) is 0.481. The topological polar surface area (TPSA) is 12.0 Å². The summed E-state index contributed by atoms with van der Waals surface area (Å²) in [6.45, 7) is 1.20. The van der Waals surface area contributed by atoms with E-state index in [1.807, 2.05) is 0 Å². The summed E-state index contributed by atoms with van der Waals surface area (Å²) >= 11 is 4.15. The maximum atomic E-state index is 4.15. The van der Waals surface area contributed by atoms with Gasteiger partial charge in [0, 0.05) is 11.8 Å². The van der Waals surface area contributed by atoms with Crippen LogP contribution in [0.5, 0.6) is 0 Å². The molecule has 0 aliphatic carbocycles. The molecular formula is C5H11NS. The van der Waals surface area contributed by atoms with E-state index in [9.17, 15) is 0 Å². The van der Waals surface area contributed by atoms with Gasteiger partial charge in [-0.3, -0.25) is 0 Å². The van der Waals surface area contributed by atoms with E-state index in [0.717, 1.165) is 5.75 Å². The molecule has 1 N–H and O–H groups in total. The van der Waals surface area contributed by atoms with Crippen LogP contribution in [0.15, 0.2) is 0 Å². The normalized spacial score (nSPS) is 31.3. The zero-order valence-electron chi connectivity index (χ0n) is 4.35. The highest BCUT2D eigenvalue weighted by Crippen LogP contribution is 2.04. The summed E-state index contributed by atoms with van der Waals surface area (Å²) in [4.78, 5) is 0. The van der Waals surface area contributed by atoms with Crippen LogP contribution in [0, 0.1) is 0 Å². The minimum atomic E-state index is 0.711. The molecule has 7 heavy (non-hydrogen) atoms. The molecule has 0 unspecified atom stereocenters. The Bertz CT molecular complexity index is 50.0. The average Bonchev–Trinajstić information content (AvgIpc) is 2.14. The number of hydrogen-bond donors (Lipinski definition) is 2. The SMILES string of the molecule is SC[C@@H]1CCCN1. The maximum absolute atomic E-state index is 4.15. The Hall–Kier alpha value is 0.310. The van der Waals surface area contributed by atoms with Crippen molar-refractivity contribution in [2.45, 2.75) is 18.9 Å². The van der Waals surface area contributed by atoms with Gasteiger partial charge in [0.05, 0.1) is 0 Å². The minimum Gasteiger partial charge on any atom is -0.313 e. The van der Waals surface area contributed by atoms with Crippen molar-refractivity contribution >= 4 is 12.6 Å². The van der Waals surface area contributed by atoms with E-state index in [4.69, 9.17) is 0 Å². The molecule has 1 fully saturated rings. The Balaban J connectivity index is 2.14. The fraction of sp³-hybridized carbons (Fsp3) is 1.00. The van der Waals surface area contributed by atoms with Gasteiger partial charge in [-0.1, -0.05) is 0 Å². The molecule has 0 saturated carbocycles. The fourth-order valence-corrected chi connectivity index (χ4v) is 1.22. The Morgan fingerprint density at radius 3 is 2.86 bits per heavy atom. The lowest BCUT2D eigenvalue weighted by Crippen LogP contribution is -2.22. The number of thiol groups is 1. The first kappa shape index (κ1) is 5.45. The molecule has 1 rings (SSSR count). The number of hydrogen-bond acceptors (Lipinski definition) is 2. The first-order chi connectivity index (χ1) is 3.43. The van der Waals surface area contributed by atoms with E-state index in [1.54, 1.807) is 0 Å². The average molecular weight is 117 g/mol. The Kier molecular flexibility index (Phi) is 2.00. The number of nitrogens with one attached hydrogen (secondary N) is 1. The number of rotatable bonds is 1. The molecule has 1 saturated heterocycles. The van der Waals surface area contributed by atoms with Crippen LogP contribution in [-0.4, -0.2) is 18.3 Å². The molecule has 1 heterocycles. The van der Waals surface area contributed by atoms with E-state index in [2.05, 4.69) is 17.9 Å². The molecule has 0 aromatic rings. The second kappa shape index (κ2) is 2.58. The zero-order valence-corrected chi connectivity index (χ0v) is 5.25. The van der Waals surface area contributed by atoms with Crippen LogP contribution in [0.1, 0.15) is 12.8 Å². The molecule has 0 amide bonds. The third-order valence-corrected chi connectivity index (χ3v) is 1.82. The molecule has 0 spiro atoms. The molecule has 0 aromatic heterocycles. The second-order valence-electron chi connectivity index (χ2n) is 1.98. The fourth-order valence-electron chi connectivity index (χ4n) is 0.913. The molecular weight excluding hydrogens is 106 g/mol. The van der Waals surface area contributed by atoms with Crippen LogP contribution >= 0.6 is 12.6 Å². The van der Waals surface area contributed by atoms with Gasteiger partial charge in [-0.05, 0) is 19.4 Å². The van der Waals surface area contributed by atoms with Gasteiger partial charge < -0.3 is 5.32 Å². The van der Waals surface area contributed by atoms with Gasteiger partial charge in [0.1, 0.15) is 0 Å². The molecule has 0 radical (unpaired) electrons. The van der Waals surface area contributed by atoms with Crippen molar-refractivity contribution in [3.63, 3.8) is 0 Å². The lowest BCUT2D eigenvalue weighted by molar-refractivity contribution is 0.675. The first-order valence-corrected chi connectivity index (χ1v) is 3.41. The van der Waals surface area contributed by atoms with Crippen molar-refractivity contribution in [3.05, 3.63) is 0 Å². The second-order valence-corrected chi connectivity index (χ2v) is 2.34. The summed E-state index contributed by atoms with van der Waals surface area (Å²) in [6.07, 6.45) is 2.66. The van der Waals surface area contributed by atoms with Gasteiger partial charge >= 0.3 is 0 Å². The molecule has 2 heteroatoms. The first-order valence-electron chi connectivity index (χ1n) is 2.77. The predicted molar refractivity (Wildman–Crippen MR) is 34.9 cm³/mol. The summed E-state index contributed by atoms with van der Waals surface area (Å²) in [5, 5.41) is 3.33. The zero-order chi connectivity index (χ0) is 5.11. The lowest BCUT2D eigenvalue weighted by atomic mass is 10.3. The van der Waals surface area contributed by atoms with Crippen LogP contribution in [0.25, 0.3) is 0 Å². The van der Waals surface area contributed by atoms with E-state index in [1.165, 1.54) is 19.4 Å². The van der Waals surface area contributed by atoms with Gasteiger partial charge in [-0.15, -0.1) is 0 Å². The van der Waals surface area contributed by atoms with Gasteiger partial charge in [-0.25, -0.2) is 0 Å². The highest BCUT2D eigenvalue weighted by atomic mass is 32.1. The van der Waals surface area contributed by atoms with Gasteiger partial charge in [0.15, 0.2) is 0 Å². The van der Waals surface area contributed by atoms with Crippen molar-refractivity contribution in [2.75, 3.05) is 12.3 Å². The molecule has 1 aliphatic rings. The van der Waals surface area contributed by atoms with Crippen LogP contribution in [0.3, 0.4) is 0 Å². The van der Waals surface area contributed by atoms with E-state index in [0.29, 0.717) is 6.04 Å². The Labute approximate surface area is 49.9 Å². The molecule has 1 aliphatic heterocycles. The van der Waals surface area contributed by atoms with Gasteiger partial charge in [-0.2, -0.15) is 12.6 Å². The molecule has 0 aromatic carbocycles. The summed E-state index contributed by atoms with van der Waals surface area (Å²) in [6, 6.07) is 0.711. The largest absolute Gasteiger partial charge is 0.313 e. The standard InChI is InChI=1S/C5H11NS/c7-4-5-2-1-3-6-5/h5-7H,1-4H2/t5-/m0/s1. The monoisotopic (exact) mass is 117 g/mol. The molecule has 1 nitrogen and oxygen atoms in total. The van der Waals surface area contributed by atoms with E-state index >= 15 is 0 Å². The molecule has 1 atom stereocenters. The van der Waals surface area contributed by atoms with Gasteiger partial charge in [0.25, 0.3) is 0 Å². The summed E-state index contributed by atoms with van der Waals surface area (Å²) < 4.78 is 0. The summed E-state index contributed by atoms with van der Waals surface area (Å²) in [7, 11) is 0. The van der Waals surface area contributed by atoms with E-state index in [-0.39, 0.29) is 0 Å². The lowest BCUT2D eigenvalue weighted by Gasteiger charge is -2.01. The van der Waals surface area contributed by atoms with Crippen LogP contribution in [0.2, 0.25) is 0 Å². The van der Waals surface area contributed by atoms with Crippen LogP contribution in [-0.2, 0) is 0 Å². The van der Waals surface area contributed by atoms with Crippen LogP contribution in [0.4, 0.5) is 0 Å². The van der Waals surface area contributed by atoms with Crippen molar-refractivity contribution in [1.82, 2.24) is 5.32 Å².